The van der Waals surface area contributed by atoms with E-state index >= 15 is 0 Å². The number of anilines is 3. The quantitative estimate of drug-likeness (QED) is 0.167. The maximum atomic E-state index is 11.8. The molecule has 11 N–H and O–H groups in total. The zero-order valence-corrected chi connectivity index (χ0v) is 17.8. The summed E-state index contributed by atoms with van der Waals surface area (Å²) in [5, 5.41) is 65.4. The first kappa shape index (κ1) is 23.7. The van der Waals surface area contributed by atoms with Crippen LogP contribution in [0.3, 0.4) is 0 Å². The number of aliphatic hydroxyl groups is 5. The third-order valence-electron chi connectivity index (χ3n) is 5.60. The van der Waals surface area contributed by atoms with Crippen LogP contribution in [-0.2, 0) is 5.91 Å². The molecule has 2 heterocycles. The average Bonchev–Trinajstić information content (AvgIpc) is 3.18. The topological polar surface area (TPSA) is 251 Å². The Labute approximate surface area is 192 Å². The van der Waals surface area contributed by atoms with E-state index in [0.29, 0.717) is 15.8 Å². The second-order valence-corrected chi connectivity index (χ2v) is 8.18. The lowest BCUT2D eigenvalue weighted by Gasteiger charge is -2.30. The molecule has 0 aliphatic heterocycles. The first-order valence-electron chi connectivity index (χ1n) is 10.4. The fourth-order valence-corrected chi connectivity index (χ4v) is 3.72. The molecule has 1 aliphatic carbocycles. The van der Waals surface area contributed by atoms with Gasteiger partial charge < -0.3 is 47.6 Å². The van der Waals surface area contributed by atoms with Gasteiger partial charge in [-0.2, -0.15) is 10.1 Å². The summed E-state index contributed by atoms with van der Waals surface area (Å²) in [6.45, 7) is 0. The van der Waals surface area contributed by atoms with Crippen molar-refractivity contribution in [3.05, 3.63) is 30.1 Å². The van der Waals surface area contributed by atoms with Gasteiger partial charge in [0.15, 0.2) is 11.5 Å². The number of benzene rings is 1. The Bertz CT molecular complexity index is 1200. The van der Waals surface area contributed by atoms with E-state index in [1.807, 2.05) is 0 Å². The van der Waals surface area contributed by atoms with Crippen LogP contribution in [-0.4, -0.2) is 74.5 Å². The average molecular weight is 475 g/mol. The van der Waals surface area contributed by atoms with E-state index < -0.39 is 17.8 Å². The first-order valence-corrected chi connectivity index (χ1v) is 10.4. The van der Waals surface area contributed by atoms with Crippen molar-refractivity contribution in [3.8, 4) is 0 Å². The van der Waals surface area contributed by atoms with E-state index in [9.17, 15) is 30.3 Å². The number of carbonyl (C=O) groups excluding carboxylic acids is 1. The predicted molar refractivity (Wildman–Crippen MR) is 117 cm³/mol. The largest absolute Gasteiger partial charge is 0.364 e. The third kappa shape index (κ3) is 4.60. The van der Waals surface area contributed by atoms with Gasteiger partial charge in [-0.25, -0.2) is 4.68 Å². The Hall–Kier alpha value is -3.47. The van der Waals surface area contributed by atoms with Crippen LogP contribution in [0.25, 0.3) is 10.9 Å². The van der Waals surface area contributed by atoms with Gasteiger partial charge in [0.05, 0.1) is 11.7 Å². The maximum absolute atomic E-state index is 11.8. The van der Waals surface area contributed by atoms with Crippen LogP contribution in [0, 0.1) is 0 Å². The molecule has 0 unspecified atom stereocenters. The molecule has 34 heavy (non-hydrogen) atoms. The highest BCUT2D eigenvalue weighted by Crippen LogP contribution is 2.28. The number of rotatable bonds is 7. The molecule has 1 fully saturated rings. The second-order valence-electron chi connectivity index (χ2n) is 8.18. The second kappa shape index (κ2) is 8.71. The summed E-state index contributed by atoms with van der Waals surface area (Å²) in [6, 6.07) is 4.62. The zero-order valence-electron chi connectivity index (χ0n) is 17.8. The van der Waals surface area contributed by atoms with Crippen LogP contribution in [0.2, 0.25) is 0 Å². The van der Waals surface area contributed by atoms with E-state index in [1.54, 1.807) is 0 Å². The van der Waals surface area contributed by atoms with Crippen LogP contribution in [0.4, 0.5) is 17.5 Å². The Morgan fingerprint density at radius 3 is 2.44 bits per heavy atom. The summed E-state index contributed by atoms with van der Waals surface area (Å²) in [6.07, 6.45) is 4.63. The minimum Gasteiger partial charge on any atom is -0.364 e. The van der Waals surface area contributed by atoms with Crippen molar-refractivity contribution < 1.29 is 30.3 Å². The number of nitrogens with zero attached hydrogens (tertiary/aromatic N) is 5. The molecule has 15 nitrogen and oxygen atoms in total. The fraction of sp³-hybridized carbons (Fsp3) is 0.421. The summed E-state index contributed by atoms with van der Waals surface area (Å²) in [5.74, 6) is -8.00. The van der Waals surface area contributed by atoms with E-state index in [2.05, 4.69) is 30.9 Å². The molecule has 1 aromatic carbocycles. The van der Waals surface area contributed by atoms with Gasteiger partial charge in [-0.05, 0) is 43.9 Å². The van der Waals surface area contributed by atoms with E-state index in [1.165, 1.54) is 24.4 Å². The molecule has 15 heteroatoms. The normalized spacial score (nSPS) is 19.2. The highest BCUT2D eigenvalue weighted by atomic mass is 16.7. The Morgan fingerprint density at radius 2 is 1.79 bits per heavy atom. The first-order chi connectivity index (χ1) is 16.0. The van der Waals surface area contributed by atoms with Crippen LogP contribution in [0.15, 0.2) is 24.4 Å². The smallest absolute Gasteiger partial charge is 0.357 e. The van der Waals surface area contributed by atoms with Crippen molar-refractivity contribution in [2.45, 2.75) is 49.7 Å². The Kier molecular flexibility index (Phi) is 6.07. The lowest BCUT2D eigenvalue weighted by molar-refractivity contribution is -0.482. The summed E-state index contributed by atoms with van der Waals surface area (Å²) in [5.41, 5.74) is 11.6. The van der Waals surface area contributed by atoms with Crippen LogP contribution >= 0.6 is 0 Å². The molecule has 1 amide bonds. The van der Waals surface area contributed by atoms with Gasteiger partial charge in [0.1, 0.15) is 0 Å². The van der Waals surface area contributed by atoms with Crippen LogP contribution < -0.4 is 22.1 Å². The predicted octanol–water partition coefficient (Wildman–Crippen LogP) is -2.03. The van der Waals surface area contributed by atoms with Gasteiger partial charge in [-0.1, -0.05) is 0 Å². The molecule has 0 bridgehead atoms. The number of primary amides is 1. The van der Waals surface area contributed by atoms with Crippen molar-refractivity contribution in [3.63, 3.8) is 0 Å². The number of hydrogen-bond donors (Lipinski definition) is 9. The van der Waals surface area contributed by atoms with Gasteiger partial charge in [-0.3, -0.25) is 4.79 Å². The van der Waals surface area contributed by atoms with E-state index in [0.717, 1.165) is 25.7 Å². The van der Waals surface area contributed by atoms with E-state index in [-0.39, 0.29) is 35.1 Å². The van der Waals surface area contributed by atoms with Crippen molar-refractivity contribution >= 4 is 34.3 Å². The summed E-state index contributed by atoms with van der Waals surface area (Å²) in [7, 11) is 0. The molecule has 0 atom stereocenters. The van der Waals surface area contributed by atoms with Gasteiger partial charge in [0.25, 0.3) is 5.91 Å². The number of hydrogen-bond acceptors (Lipinski definition) is 13. The van der Waals surface area contributed by atoms with Gasteiger partial charge >= 0.3 is 11.9 Å². The van der Waals surface area contributed by atoms with Gasteiger partial charge in [0.2, 0.25) is 5.95 Å². The molecule has 182 valence electrons. The third-order valence-corrected chi connectivity index (χ3v) is 5.60. The molecule has 2 aromatic heterocycles. The highest BCUT2D eigenvalue weighted by Gasteiger charge is 2.50. The van der Waals surface area contributed by atoms with Crippen molar-refractivity contribution in [2.75, 3.05) is 10.6 Å². The lowest BCUT2D eigenvalue weighted by atomic mass is 9.92. The minimum atomic E-state index is -3.88. The fourth-order valence-electron chi connectivity index (χ4n) is 3.72. The van der Waals surface area contributed by atoms with Crippen molar-refractivity contribution in [1.82, 2.24) is 25.0 Å². The molecule has 1 aliphatic rings. The van der Waals surface area contributed by atoms with Crippen LogP contribution in [0.5, 0.6) is 0 Å². The lowest BCUT2D eigenvalue weighted by Crippen LogP contribution is -2.56. The highest BCUT2D eigenvalue weighted by molar-refractivity contribution is 5.96. The van der Waals surface area contributed by atoms with Gasteiger partial charge in [0, 0.05) is 23.2 Å². The number of fused-ring (bicyclic) bond motifs is 1. The number of carbonyl (C=O) groups is 1. The number of amides is 1. The molecular weight excluding hydrogens is 450 g/mol. The van der Waals surface area contributed by atoms with Crippen molar-refractivity contribution in [1.29, 1.82) is 0 Å². The number of nitrogens with two attached hydrogens (primary N) is 2. The minimum absolute atomic E-state index is 0.0445. The molecule has 0 spiro atoms. The number of aromatic nitrogens is 5. The number of nitrogens with one attached hydrogen (secondary N) is 2. The molecule has 1 saturated carbocycles. The SMILES string of the molecule is NC(=O)c1nnc(NC2CCC(N)CC2)nc1Nc1ccc2c(cnn2C(O)(O)C(O)(O)O)c1. The Balaban J connectivity index is 1.61. The molecule has 0 saturated heterocycles. The molecule has 4 rings (SSSR count). The monoisotopic (exact) mass is 475 g/mol. The van der Waals surface area contributed by atoms with E-state index in [4.69, 9.17) is 11.5 Å². The van der Waals surface area contributed by atoms with Crippen molar-refractivity contribution in [2.24, 2.45) is 11.5 Å². The maximum Gasteiger partial charge on any atom is 0.357 e. The summed E-state index contributed by atoms with van der Waals surface area (Å²) < 4.78 is 0.422. The Morgan fingerprint density at radius 1 is 1.09 bits per heavy atom. The zero-order chi connectivity index (χ0) is 24.7. The molecular formula is C19H25N9O6. The summed E-state index contributed by atoms with van der Waals surface area (Å²) >= 11 is 0. The van der Waals surface area contributed by atoms with Crippen LogP contribution in [0.1, 0.15) is 36.2 Å². The van der Waals surface area contributed by atoms with Gasteiger partial charge in [-0.15, -0.1) is 10.2 Å². The molecule has 3 aromatic rings. The molecule has 0 radical (unpaired) electrons. The summed E-state index contributed by atoms with van der Waals surface area (Å²) in [4.78, 5) is 16.2. The standard InChI is InChI=1S/C19H25N9O6/c20-10-1-3-11(4-2-10)24-17-25-16(14(15(21)29)26-27-17)23-12-5-6-13-9(7-12)8-22-28(13)18(30,31)19(32,33)34/h5-8,10-11,30-34H,1-4,20H2,(H2,21,29)(H2,23,24,25,27).